The van der Waals surface area contributed by atoms with Crippen molar-refractivity contribution in [3.8, 4) is 0 Å². The first-order valence-corrected chi connectivity index (χ1v) is 8.18. The standard InChI is InChI=1S/C19H15N7O2/c27-18(25-22-12-14-6-1-3-10-20-14)16-8-5-9-17(24-16)19(28)26-23-13-15-7-2-4-11-21-15/h1-13H,(H,25,27)(H,26,28)/b22-12+,23-13+. The van der Waals surface area contributed by atoms with Crippen LogP contribution in [0.5, 0.6) is 0 Å². The van der Waals surface area contributed by atoms with Gasteiger partial charge in [0.25, 0.3) is 11.8 Å². The van der Waals surface area contributed by atoms with Crippen LogP contribution in [0.2, 0.25) is 0 Å². The fourth-order valence-electron chi connectivity index (χ4n) is 2.02. The molecule has 0 atom stereocenters. The van der Waals surface area contributed by atoms with Crippen molar-refractivity contribution in [2.24, 2.45) is 10.2 Å². The van der Waals surface area contributed by atoms with Crippen LogP contribution >= 0.6 is 0 Å². The van der Waals surface area contributed by atoms with Gasteiger partial charge in [0.1, 0.15) is 11.4 Å². The summed E-state index contributed by atoms with van der Waals surface area (Å²) < 4.78 is 0. The van der Waals surface area contributed by atoms with Gasteiger partial charge in [-0.2, -0.15) is 10.2 Å². The average molecular weight is 373 g/mol. The van der Waals surface area contributed by atoms with Crippen molar-refractivity contribution in [2.75, 3.05) is 0 Å². The van der Waals surface area contributed by atoms with E-state index >= 15 is 0 Å². The van der Waals surface area contributed by atoms with Gasteiger partial charge in [-0.05, 0) is 36.4 Å². The minimum absolute atomic E-state index is 0.0412. The van der Waals surface area contributed by atoms with E-state index in [4.69, 9.17) is 0 Å². The third-order valence-corrected chi connectivity index (χ3v) is 3.32. The average Bonchev–Trinajstić information content (AvgIpc) is 2.75. The molecule has 0 aliphatic rings. The van der Waals surface area contributed by atoms with Crippen LogP contribution in [0.3, 0.4) is 0 Å². The molecule has 138 valence electrons. The lowest BCUT2D eigenvalue weighted by molar-refractivity contribution is 0.0946. The third-order valence-electron chi connectivity index (χ3n) is 3.32. The molecule has 0 unspecified atom stereocenters. The molecule has 9 heteroatoms. The number of rotatable bonds is 6. The zero-order chi connectivity index (χ0) is 19.6. The Balaban J connectivity index is 1.59. The molecular weight excluding hydrogens is 358 g/mol. The molecule has 0 spiro atoms. The lowest BCUT2D eigenvalue weighted by atomic mass is 10.3. The Hall–Kier alpha value is -4.27. The molecule has 0 aliphatic carbocycles. The monoisotopic (exact) mass is 373 g/mol. The van der Waals surface area contributed by atoms with Crippen LogP contribution in [0.15, 0.2) is 77.2 Å². The summed E-state index contributed by atoms with van der Waals surface area (Å²) >= 11 is 0. The van der Waals surface area contributed by atoms with Gasteiger partial charge in [0, 0.05) is 12.4 Å². The molecular formula is C19H15N7O2. The Kier molecular flexibility index (Phi) is 6.24. The maximum Gasteiger partial charge on any atom is 0.289 e. The lowest BCUT2D eigenvalue weighted by Gasteiger charge is -2.02. The summed E-state index contributed by atoms with van der Waals surface area (Å²) in [4.78, 5) is 36.4. The predicted octanol–water partition coefficient (Wildman–Crippen LogP) is 1.40. The van der Waals surface area contributed by atoms with E-state index < -0.39 is 11.8 Å². The van der Waals surface area contributed by atoms with Crippen LogP contribution in [0.4, 0.5) is 0 Å². The minimum Gasteiger partial charge on any atom is -0.266 e. The number of carbonyl (C=O) groups excluding carboxylic acids is 2. The van der Waals surface area contributed by atoms with Crippen LogP contribution in [0.1, 0.15) is 32.4 Å². The van der Waals surface area contributed by atoms with Gasteiger partial charge in [-0.1, -0.05) is 18.2 Å². The molecule has 9 nitrogen and oxygen atoms in total. The number of hydrazone groups is 2. The highest BCUT2D eigenvalue weighted by Crippen LogP contribution is 2.00. The van der Waals surface area contributed by atoms with E-state index in [1.54, 1.807) is 54.9 Å². The molecule has 0 bridgehead atoms. The predicted molar refractivity (Wildman–Crippen MR) is 103 cm³/mol. The van der Waals surface area contributed by atoms with Crippen LogP contribution < -0.4 is 10.9 Å². The van der Waals surface area contributed by atoms with Crippen molar-refractivity contribution in [3.63, 3.8) is 0 Å². The number of pyridine rings is 3. The maximum absolute atomic E-state index is 12.1. The van der Waals surface area contributed by atoms with Crippen molar-refractivity contribution < 1.29 is 9.59 Å². The van der Waals surface area contributed by atoms with Crippen LogP contribution in [-0.2, 0) is 0 Å². The second kappa shape index (κ2) is 9.43. The molecule has 28 heavy (non-hydrogen) atoms. The van der Waals surface area contributed by atoms with E-state index in [0.717, 1.165) is 0 Å². The normalized spacial score (nSPS) is 10.9. The van der Waals surface area contributed by atoms with Crippen molar-refractivity contribution >= 4 is 24.2 Å². The molecule has 0 fully saturated rings. The summed E-state index contributed by atoms with van der Waals surface area (Å²) in [6, 6.07) is 15.1. The molecule has 0 radical (unpaired) electrons. The first-order valence-electron chi connectivity index (χ1n) is 8.18. The van der Waals surface area contributed by atoms with Gasteiger partial charge in [-0.25, -0.2) is 15.8 Å². The summed E-state index contributed by atoms with van der Waals surface area (Å²) in [5.41, 5.74) is 5.94. The minimum atomic E-state index is -0.557. The number of aromatic nitrogens is 3. The number of carbonyl (C=O) groups is 2. The van der Waals surface area contributed by atoms with Gasteiger partial charge < -0.3 is 0 Å². The summed E-state index contributed by atoms with van der Waals surface area (Å²) in [5.74, 6) is -1.11. The van der Waals surface area contributed by atoms with Gasteiger partial charge in [-0.15, -0.1) is 0 Å². The Labute approximate surface area is 160 Å². The molecule has 0 saturated carbocycles. The van der Waals surface area contributed by atoms with E-state index in [1.807, 2.05) is 0 Å². The second-order valence-electron chi connectivity index (χ2n) is 5.32. The van der Waals surface area contributed by atoms with E-state index in [-0.39, 0.29) is 11.4 Å². The first-order chi connectivity index (χ1) is 13.7. The largest absolute Gasteiger partial charge is 0.289 e. The highest BCUT2D eigenvalue weighted by Gasteiger charge is 2.11. The molecule has 0 aromatic carbocycles. The summed E-state index contributed by atoms with van der Waals surface area (Å²) in [7, 11) is 0. The van der Waals surface area contributed by atoms with E-state index in [2.05, 4.69) is 36.0 Å². The number of nitrogens with one attached hydrogen (secondary N) is 2. The first kappa shape index (κ1) is 18.5. The van der Waals surface area contributed by atoms with Crippen LogP contribution in [-0.4, -0.2) is 39.2 Å². The van der Waals surface area contributed by atoms with Crippen molar-refractivity contribution in [1.82, 2.24) is 25.8 Å². The van der Waals surface area contributed by atoms with E-state index in [9.17, 15) is 9.59 Å². The van der Waals surface area contributed by atoms with E-state index in [0.29, 0.717) is 11.4 Å². The fraction of sp³-hybridized carbons (Fsp3) is 0. The van der Waals surface area contributed by atoms with Crippen molar-refractivity contribution in [2.45, 2.75) is 0 Å². The Morgan fingerprint density at radius 1 is 0.714 bits per heavy atom. The van der Waals surface area contributed by atoms with Gasteiger partial charge in [0.15, 0.2) is 0 Å². The van der Waals surface area contributed by atoms with E-state index in [1.165, 1.54) is 24.6 Å². The van der Waals surface area contributed by atoms with Gasteiger partial charge in [0.2, 0.25) is 0 Å². The molecule has 3 heterocycles. The molecule has 0 saturated heterocycles. The molecule has 0 aliphatic heterocycles. The Morgan fingerprint density at radius 3 is 1.64 bits per heavy atom. The molecule has 3 aromatic heterocycles. The number of amides is 2. The summed E-state index contributed by atoms with van der Waals surface area (Å²) in [6.45, 7) is 0. The lowest BCUT2D eigenvalue weighted by Crippen LogP contribution is -2.23. The molecule has 3 aromatic rings. The molecule has 2 N–H and O–H groups in total. The number of hydrogen-bond donors (Lipinski definition) is 2. The van der Waals surface area contributed by atoms with Gasteiger partial charge in [0.05, 0.1) is 23.8 Å². The smallest absolute Gasteiger partial charge is 0.266 e. The zero-order valence-corrected chi connectivity index (χ0v) is 14.6. The van der Waals surface area contributed by atoms with Gasteiger partial charge >= 0.3 is 0 Å². The molecule has 3 rings (SSSR count). The molecule has 2 amide bonds. The zero-order valence-electron chi connectivity index (χ0n) is 14.6. The highest BCUT2D eigenvalue weighted by atomic mass is 16.2. The van der Waals surface area contributed by atoms with Crippen molar-refractivity contribution in [1.29, 1.82) is 0 Å². The summed E-state index contributed by atoms with van der Waals surface area (Å²) in [5, 5.41) is 7.64. The van der Waals surface area contributed by atoms with Gasteiger partial charge in [-0.3, -0.25) is 19.6 Å². The summed E-state index contributed by atoms with van der Waals surface area (Å²) in [6.07, 6.45) is 6.04. The second-order valence-corrected chi connectivity index (χ2v) is 5.32. The quantitative estimate of drug-likeness (QED) is 0.500. The third kappa shape index (κ3) is 5.36. The Morgan fingerprint density at radius 2 is 1.21 bits per heavy atom. The fourth-order valence-corrected chi connectivity index (χ4v) is 2.02. The topological polar surface area (TPSA) is 122 Å². The van der Waals surface area contributed by atoms with Crippen molar-refractivity contribution in [3.05, 3.63) is 89.8 Å². The van der Waals surface area contributed by atoms with Crippen LogP contribution in [0.25, 0.3) is 0 Å². The SMILES string of the molecule is O=C(N/N=C/c1ccccn1)c1cccc(C(=O)N/N=C/c2ccccn2)n1. The number of nitrogens with zero attached hydrogens (tertiary/aromatic N) is 5. The maximum atomic E-state index is 12.1. The highest BCUT2D eigenvalue weighted by molar-refractivity contribution is 5.96. The van der Waals surface area contributed by atoms with Crippen LogP contribution in [0, 0.1) is 0 Å². The Bertz CT molecular complexity index is 926. The number of hydrogen-bond acceptors (Lipinski definition) is 7.